The van der Waals surface area contributed by atoms with Gasteiger partial charge in [0.15, 0.2) is 9.84 Å². The molecule has 0 aliphatic carbocycles. The lowest BCUT2D eigenvalue weighted by Gasteiger charge is -2.11. The van der Waals surface area contributed by atoms with Crippen molar-refractivity contribution in [1.29, 1.82) is 0 Å². The first-order valence-corrected chi connectivity index (χ1v) is 8.84. The van der Waals surface area contributed by atoms with E-state index in [9.17, 15) is 13.2 Å². The Labute approximate surface area is 126 Å². The molecule has 0 saturated carbocycles. The zero-order valence-electron chi connectivity index (χ0n) is 12.8. The molecule has 0 atom stereocenters. The first-order valence-electron chi connectivity index (χ1n) is 7.02. The van der Waals surface area contributed by atoms with Crippen LogP contribution in [0.2, 0.25) is 0 Å². The number of ether oxygens (including phenoxy) is 1. The number of carbonyl (C=O) groups excluding carboxylic acids is 1. The summed E-state index contributed by atoms with van der Waals surface area (Å²) in [6.07, 6.45) is 0. The fourth-order valence-electron chi connectivity index (χ4n) is 1.96. The van der Waals surface area contributed by atoms with Crippen LogP contribution in [0.1, 0.15) is 26.3 Å². The number of hydrogen-bond acceptors (Lipinski definition) is 4. The minimum atomic E-state index is -3.35. The fourth-order valence-corrected chi connectivity index (χ4v) is 3.59. The Balaban J connectivity index is 2.58. The van der Waals surface area contributed by atoms with Gasteiger partial charge in [-0.15, -0.1) is 0 Å². The van der Waals surface area contributed by atoms with Crippen LogP contribution < -0.4 is 10.1 Å². The van der Waals surface area contributed by atoms with Gasteiger partial charge in [-0.3, -0.25) is 4.79 Å². The highest BCUT2D eigenvalue weighted by atomic mass is 32.2. The van der Waals surface area contributed by atoms with E-state index in [1.54, 1.807) is 0 Å². The standard InChI is InChI=1S/C15H23NO4S/c1-4-20-14-8-6-5-7-13(14)9-16-15(17)11-21(18,19)10-12(2)3/h5-8,12H,4,9-11H2,1-3H3,(H,16,17). The van der Waals surface area contributed by atoms with Crippen molar-refractivity contribution in [1.82, 2.24) is 5.32 Å². The van der Waals surface area contributed by atoms with Gasteiger partial charge in [0.2, 0.25) is 5.91 Å². The molecule has 0 fully saturated rings. The number of benzene rings is 1. The van der Waals surface area contributed by atoms with Gasteiger partial charge in [-0.05, 0) is 18.9 Å². The van der Waals surface area contributed by atoms with Crippen LogP contribution in [0, 0.1) is 5.92 Å². The SMILES string of the molecule is CCOc1ccccc1CNC(=O)CS(=O)(=O)CC(C)C. The minimum absolute atomic E-state index is 0.0153. The van der Waals surface area contributed by atoms with Gasteiger partial charge in [-0.1, -0.05) is 32.0 Å². The molecule has 1 N–H and O–H groups in total. The maximum Gasteiger partial charge on any atom is 0.235 e. The Bertz CT molecular complexity index is 567. The van der Waals surface area contributed by atoms with Gasteiger partial charge in [0.25, 0.3) is 0 Å². The average molecular weight is 313 g/mol. The average Bonchev–Trinajstić information content (AvgIpc) is 2.36. The highest BCUT2D eigenvalue weighted by molar-refractivity contribution is 7.92. The molecule has 6 heteroatoms. The molecule has 21 heavy (non-hydrogen) atoms. The summed E-state index contributed by atoms with van der Waals surface area (Å²) in [6, 6.07) is 7.36. The first-order chi connectivity index (χ1) is 9.84. The lowest BCUT2D eigenvalue weighted by atomic mass is 10.2. The van der Waals surface area contributed by atoms with Crippen LogP contribution in [0.25, 0.3) is 0 Å². The second-order valence-electron chi connectivity index (χ2n) is 5.27. The molecule has 5 nitrogen and oxygen atoms in total. The Morgan fingerprint density at radius 3 is 2.57 bits per heavy atom. The van der Waals surface area contributed by atoms with E-state index >= 15 is 0 Å². The molecule has 1 aromatic carbocycles. The summed E-state index contributed by atoms with van der Waals surface area (Å²) in [5, 5.41) is 2.63. The number of para-hydroxylation sites is 1. The van der Waals surface area contributed by atoms with Gasteiger partial charge < -0.3 is 10.1 Å². The Kier molecular flexibility index (Phi) is 6.68. The quantitative estimate of drug-likeness (QED) is 0.794. The Morgan fingerprint density at radius 1 is 1.29 bits per heavy atom. The van der Waals surface area contributed by atoms with Gasteiger partial charge in [-0.2, -0.15) is 0 Å². The monoisotopic (exact) mass is 313 g/mol. The van der Waals surface area contributed by atoms with Crippen molar-refractivity contribution in [2.75, 3.05) is 18.1 Å². The molecule has 0 unspecified atom stereocenters. The third kappa shape index (κ3) is 6.62. The predicted octanol–water partition coefficient (Wildman–Crippen LogP) is 1.77. The first kappa shape index (κ1) is 17.5. The predicted molar refractivity (Wildman–Crippen MR) is 82.9 cm³/mol. The smallest absolute Gasteiger partial charge is 0.235 e. The molecule has 0 aliphatic heterocycles. The molecule has 0 bridgehead atoms. The minimum Gasteiger partial charge on any atom is -0.494 e. The summed E-state index contributed by atoms with van der Waals surface area (Å²) in [5.74, 6) is -0.216. The van der Waals surface area contributed by atoms with E-state index in [-0.39, 0.29) is 18.2 Å². The van der Waals surface area contributed by atoms with E-state index in [2.05, 4.69) is 5.32 Å². The molecular weight excluding hydrogens is 290 g/mol. The maximum atomic E-state index is 11.8. The van der Waals surface area contributed by atoms with Crippen molar-refractivity contribution in [2.45, 2.75) is 27.3 Å². The molecule has 1 amide bonds. The summed E-state index contributed by atoms with van der Waals surface area (Å²) in [7, 11) is -3.35. The second kappa shape index (κ2) is 8.02. The summed E-state index contributed by atoms with van der Waals surface area (Å²) in [4.78, 5) is 11.8. The van der Waals surface area contributed by atoms with Crippen molar-refractivity contribution in [3.8, 4) is 5.75 Å². The van der Waals surface area contributed by atoms with E-state index in [4.69, 9.17) is 4.74 Å². The molecule has 118 valence electrons. The normalized spacial score (nSPS) is 11.4. The molecule has 0 radical (unpaired) electrons. The maximum absolute atomic E-state index is 11.8. The van der Waals surface area contributed by atoms with Crippen molar-refractivity contribution < 1.29 is 17.9 Å². The molecular formula is C15H23NO4S. The van der Waals surface area contributed by atoms with E-state index in [0.717, 1.165) is 5.56 Å². The third-order valence-electron chi connectivity index (χ3n) is 2.69. The lowest BCUT2D eigenvalue weighted by molar-refractivity contribution is -0.118. The van der Waals surface area contributed by atoms with Crippen LogP contribution in [0.4, 0.5) is 0 Å². The molecule has 1 rings (SSSR count). The number of carbonyl (C=O) groups is 1. The highest BCUT2D eigenvalue weighted by Gasteiger charge is 2.18. The van der Waals surface area contributed by atoms with E-state index < -0.39 is 21.5 Å². The van der Waals surface area contributed by atoms with E-state index in [0.29, 0.717) is 12.4 Å². The summed E-state index contributed by atoms with van der Waals surface area (Å²) < 4.78 is 28.9. The fraction of sp³-hybridized carbons (Fsp3) is 0.533. The zero-order valence-corrected chi connectivity index (χ0v) is 13.6. The van der Waals surface area contributed by atoms with Crippen LogP contribution in [-0.2, 0) is 21.2 Å². The Hall–Kier alpha value is -1.56. The number of sulfone groups is 1. The van der Waals surface area contributed by atoms with E-state index in [1.807, 2.05) is 45.0 Å². The molecule has 0 spiro atoms. The van der Waals surface area contributed by atoms with Gasteiger partial charge in [0.05, 0.1) is 12.4 Å². The summed E-state index contributed by atoms with van der Waals surface area (Å²) in [6.45, 7) is 6.30. The topological polar surface area (TPSA) is 72.5 Å². The van der Waals surface area contributed by atoms with Crippen LogP contribution in [0.15, 0.2) is 24.3 Å². The van der Waals surface area contributed by atoms with Gasteiger partial charge in [-0.25, -0.2) is 8.42 Å². The molecule has 0 heterocycles. The van der Waals surface area contributed by atoms with Crippen molar-refractivity contribution >= 4 is 15.7 Å². The highest BCUT2D eigenvalue weighted by Crippen LogP contribution is 2.17. The molecule has 0 saturated heterocycles. The second-order valence-corrected chi connectivity index (χ2v) is 7.38. The molecule has 0 aliphatic rings. The summed E-state index contributed by atoms with van der Waals surface area (Å²) in [5.41, 5.74) is 0.828. The largest absolute Gasteiger partial charge is 0.494 e. The number of nitrogens with one attached hydrogen (secondary N) is 1. The van der Waals surface area contributed by atoms with Crippen molar-refractivity contribution in [3.63, 3.8) is 0 Å². The van der Waals surface area contributed by atoms with Crippen LogP contribution in [-0.4, -0.2) is 32.4 Å². The number of hydrogen-bond donors (Lipinski definition) is 1. The zero-order chi connectivity index (χ0) is 15.9. The van der Waals surface area contributed by atoms with Crippen LogP contribution >= 0.6 is 0 Å². The van der Waals surface area contributed by atoms with E-state index in [1.165, 1.54) is 0 Å². The lowest BCUT2D eigenvalue weighted by Crippen LogP contribution is -2.31. The van der Waals surface area contributed by atoms with Gasteiger partial charge in [0.1, 0.15) is 11.5 Å². The number of amides is 1. The third-order valence-corrected chi connectivity index (χ3v) is 4.56. The Morgan fingerprint density at radius 2 is 1.95 bits per heavy atom. The van der Waals surface area contributed by atoms with Crippen LogP contribution in [0.3, 0.4) is 0 Å². The van der Waals surface area contributed by atoms with Crippen LogP contribution in [0.5, 0.6) is 5.75 Å². The van der Waals surface area contributed by atoms with Gasteiger partial charge in [0, 0.05) is 12.1 Å². The molecule has 1 aromatic rings. The summed E-state index contributed by atoms with van der Waals surface area (Å²) >= 11 is 0. The van der Waals surface area contributed by atoms with Crippen molar-refractivity contribution in [3.05, 3.63) is 29.8 Å². The van der Waals surface area contributed by atoms with Crippen molar-refractivity contribution in [2.24, 2.45) is 5.92 Å². The molecule has 0 aromatic heterocycles. The number of rotatable bonds is 8. The van der Waals surface area contributed by atoms with Gasteiger partial charge >= 0.3 is 0 Å².